The number of aromatic amines is 1. The molecule has 0 radical (unpaired) electrons. The van der Waals surface area contributed by atoms with Crippen molar-refractivity contribution in [2.45, 2.75) is 13.0 Å². The minimum absolute atomic E-state index is 0.0501. The fourth-order valence-corrected chi connectivity index (χ4v) is 2.90. The molecule has 1 aliphatic heterocycles. The van der Waals surface area contributed by atoms with Gasteiger partial charge in [-0.2, -0.15) is 0 Å². The zero-order valence-electron chi connectivity index (χ0n) is 13.3. The maximum absolute atomic E-state index is 12.4. The maximum atomic E-state index is 12.4. The topological polar surface area (TPSA) is 70.2 Å². The quantitative estimate of drug-likeness (QED) is 0.878. The number of pyridine rings is 1. The van der Waals surface area contributed by atoms with Crippen LogP contribution in [0.5, 0.6) is 0 Å². The van der Waals surface area contributed by atoms with Crippen LogP contribution in [0.15, 0.2) is 36.8 Å². The first kappa shape index (κ1) is 15.7. The summed E-state index contributed by atoms with van der Waals surface area (Å²) in [7, 11) is 0. The predicted octanol–water partition coefficient (Wildman–Crippen LogP) is 1.52. The Labute approximate surface area is 135 Å². The SMILES string of the molecule is Cc1[nH]ccc1C(=O)NCC(c1cccnc1)N1CCOCC1. The summed E-state index contributed by atoms with van der Waals surface area (Å²) in [6, 6.07) is 5.90. The van der Waals surface area contributed by atoms with Gasteiger partial charge in [-0.15, -0.1) is 0 Å². The van der Waals surface area contributed by atoms with Gasteiger partial charge in [-0.3, -0.25) is 14.7 Å². The molecule has 6 nitrogen and oxygen atoms in total. The number of ether oxygens (including phenoxy) is 1. The van der Waals surface area contributed by atoms with E-state index in [1.165, 1.54) is 0 Å². The summed E-state index contributed by atoms with van der Waals surface area (Å²) in [6.07, 6.45) is 5.42. The number of H-pyrrole nitrogens is 1. The van der Waals surface area contributed by atoms with Gasteiger partial charge in [0, 0.05) is 43.9 Å². The second-order valence-corrected chi connectivity index (χ2v) is 5.68. The van der Waals surface area contributed by atoms with E-state index in [0.29, 0.717) is 12.1 Å². The summed E-state index contributed by atoms with van der Waals surface area (Å²) in [5, 5.41) is 3.05. The monoisotopic (exact) mass is 314 g/mol. The number of carbonyl (C=O) groups excluding carboxylic acids is 1. The molecule has 1 atom stereocenters. The van der Waals surface area contributed by atoms with Crippen molar-refractivity contribution in [3.05, 3.63) is 53.6 Å². The van der Waals surface area contributed by atoms with Crippen LogP contribution in [-0.2, 0) is 4.74 Å². The van der Waals surface area contributed by atoms with Crippen LogP contribution in [0.4, 0.5) is 0 Å². The highest BCUT2D eigenvalue weighted by Gasteiger charge is 2.23. The van der Waals surface area contributed by atoms with Crippen molar-refractivity contribution in [1.29, 1.82) is 0 Å². The third kappa shape index (κ3) is 3.78. The smallest absolute Gasteiger partial charge is 0.253 e. The second kappa shape index (κ2) is 7.39. The number of morpholine rings is 1. The van der Waals surface area contributed by atoms with Gasteiger partial charge in [0.15, 0.2) is 0 Å². The fraction of sp³-hybridized carbons (Fsp3) is 0.412. The first-order chi connectivity index (χ1) is 11.3. The van der Waals surface area contributed by atoms with Crippen molar-refractivity contribution in [1.82, 2.24) is 20.2 Å². The summed E-state index contributed by atoms with van der Waals surface area (Å²) in [5.41, 5.74) is 2.68. The Morgan fingerprint density at radius 2 is 2.26 bits per heavy atom. The number of rotatable bonds is 5. The predicted molar refractivity (Wildman–Crippen MR) is 87.2 cm³/mol. The normalized spacial score (nSPS) is 16.9. The molecule has 122 valence electrons. The van der Waals surface area contributed by atoms with Gasteiger partial charge in [-0.25, -0.2) is 0 Å². The van der Waals surface area contributed by atoms with E-state index in [2.05, 4.69) is 26.3 Å². The fourth-order valence-electron chi connectivity index (χ4n) is 2.90. The van der Waals surface area contributed by atoms with Crippen LogP contribution in [0.3, 0.4) is 0 Å². The zero-order chi connectivity index (χ0) is 16.1. The van der Waals surface area contributed by atoms with Gasteiger partial charge in [0.25, 0.3) is 5.91 Å². The molecule has 1 amide bonds. The molecule has 1 unspecified atom stereocenters. The third-order valence-corrected chi connectivity index (χ3v) is 4.21. The average molecular weight is 314 g/mol. The Morgan fingerprint density at radius 3 is 2.91 bits per heavy atom. The molecule has 2 aromatic heterocycles. The number of amides is 1. The van der Waals surface area contributed by atoms with Gasteiger partial charge in [-0.1, -0.05) is 6.07 Å². The van der Waals surface area contributed by atoms with Crippen LogP contribution in [-0.4, -0.2) is 53.6 Å². The molecule has 0 saturated carbocycles. The van der Waals surface area contributed by atoms with Crippen LogP contribution in [0.25, 0.3) is 0 Å². The molecule has 2 N–H and O–H groups in total. The molecular formula is C17H22N4O2. The van der Waals surface area contributed by atoms with Crippen molar-refractivity contribution in [3.8, 4) is 0 Å². The minimum Gasteiger partial charge on any atom is -0.379 e. The summed E-state index contributed by atoms with van der Waals surface area (Å²) >= 11 is 0. The molecule has 1 fully saturated rings. The van der Waals surface area contributed by atoms with Gasteiger partial charge < -0.3 is 15.0 Å². The molecule has 1 saturated heterocycles. The van der Waals surface area contributed by atoms with Crippen LogP contribution in [0, 0.1) is 6.92 Å². The lowest BCUT2D eigenvalue weighted by molar-refractivity contribution is 0.0161. The van der Waals surface area contributed by atoms with Crippen LogP contribution >= 0.6 is 0 Å². The molecular weight excluding hydrogens is 292 g/mol. The molecule has 2 aromatic rings. The van der Waals surface area contributed by atoms with E-state index >= 15 is 0 Å². The van der Waals surface area contributed by atoms with E-state index in [1.54, 1.807) is 18.5 Å². The summed E-state index contributed by atoms with van der Waals surface area (Å²) in [6.45, 7) is 5.62. The molecule has 0 aromatic carbocycles. The Bertz CT molecular complexity index is 635. The van der Waals surface area contributed by atoms with Gasteiger partial charge in [0.05, 0.1) is 24.8 Å². The van der Waals surface area contributed by atoms with Gasteiger partial charge in [0.1, 0.15) is 0 Å². The number of carbonyl (C=O) groups is 1. The molecule has 3 rings (SSSR count). The highest BCUT2D eigenvalue weighted by atomic mass is 16.5. The standard InChI is InChI=1S/C17H22N4O2/c1-13-15(4-6-19-13)17(22)20-12-16(14-3-2-5-18-11-14)21-7-9-23-10-8-21/h2-6,11,16,19H,7-10,12H2,1H3,(H,20,22). The minimum atomic E-state index is -0.0501. The third-order valence-electron chi connectivity index (χ3n) is 4.21. The van der Waals surface area contributed by atoms with Gasteiger partial charge in [0.2, 0.25) is 0 Å². The van der Waals surface area contributed by atoms with Crippen LogP contribution < -0.4 is 5.32 Å². The number of aromatic nitrogens is 2. The van der Waals surface area contributed by atoms with E-state index in [-0.39, 0.29) is 11.9 Å². The Morgan fingerprint density at radius 1 is 1.43 bits per heavy atom. The van der Waals surface area contributed by atoms with Crippen molar-refractivity contribution >= 4 is 5.91 Å². The lowest BCUT2D eigenvalue weighted by Crippen LogP contribution is -2.43. The molecule has 6 heteroatoms. The number of nitrogens with zero attached hydrogens (tertiary/aromatic N) is 2. The first-order valence-electron chi connectivity index (χ1n) is 7.89. The Hall–Kier alpha value is -2.18. The van der Waals surface area contributed by atoms with E-state index in [4.69, 9.17) is 4.74 Å². The Balaban J connectivity index is 1.71. The van der Waals surface area contributed by atoms with Crippen LogP contribution in [0.1, 0.15) is 27.7 Å². The first-order valence-corrected chi connectivity index (χ1v) is 7.89. The lowest BCUT2D eigenvalue weighted by atomic mass is 10.1. The highest BCUT2D eigenvalue weighted by molar-refractivity contribution is 5.95. The van der Waals surface area contributed by atoms with E-state index in [1.807, 2.05) is 19.2 Å². The maximum Gasteiger partial charge on any atom is 0.253 e. The van der Waals surface area contributed by atoms with E-state index in [9.17, 15) is 4.79 Å². The molecule has 0 bridgehead atoms. The summed E-state index contributed by atoms with van der Waals surface area (Å²) in [5.74, 6) is -0.0501. The second-order valence-electron chi connectivity index (χ2n) is 5.68. The molecule has 0 spiro atoms. The van der Waals surface area contributed by atoms with Crippen molar-refractivity contribution in [2.24, 2.45) is 0 Å². The van der Waals surface area contributed by atoms with E-state index < -0.39 is 0 Å². The Kier molecular flexibility index (Phi) is 5.05. The van der Waals surface area contributed by atoms with Crippen molar-refractivity contribution < 1.29 is 9.53 Å². The summed E-state index contributed by atoms with van der Waals surface area (Å²) in [4.78, 5) is 21.9. The van der Waals surface area contributed by atoms with Crippen molar-refractivity contribution in [2.75, 3.05) is 32.8 Å². The molecule has 0 aliphatic carbocycles. The van der Waals surface area contributed by atoms with Gasteiger partial charge in [-0.05, 0) is 24.6 Å². The van der Waals surface area contributed by atoms with Crippen LogP contribution in [0.2, 0.25) is 0 Å². The zero-order valence-corrected chi connectivity index (χ0v) is 13.3. The average Bonchev–Trinajstić information content (AvgIpc) is 3.03. The van der Waals surface area contributed by atoms with Gasteiger partial charge >= 0.3 is 0 Å². The molecule has 3 heterocycles. The largest absolute Gasteiger partial charge is 0.379 e. The number of nitrogens with one attached hydrogen (secondary N) is 2. The number of hydrogen-bond acceptors (Lipinski definition) is 4. The van der Waals surface area contributed by atoms with E-state index in [0.717, 1.165) is 37.6 Å². The number of aryl methyl sites for hydroxylation is 1. The molecule has 1 aliphatic rings. The van der Waals surface area contributed by atoms with Crippen molar-refractivity contribution in [3.63, 3.8) is 0 Å². The summed E-state index contributed by atoms with van der Waals surface area (Å²) < 4.78 is 5.44. The lowest BCUT2D eigenvalue weighted by Gasteiger charge is -2.34. The number of hydrogen-bond donors (Lipinski definition) is 2. The highest BCUT2D eigenvalue weighted by Crippen LogP contribution is 2.20. The molecule has 23 heavy (non-hydrogen) atoms.